The molecule has 0 fully saturated rings. The Kier molecular flexibility index (Phi) is 5.56. The van der Waals surface area contributed by atoms with E-state index < -0.39 is 11.8 Å². The lowest BCUT2D eigenvalue weighted by Gasteiger charge is -2.05. The highest BCUT2D eigenvalue weighted by Gasteiger charge is 2.24. The molecular formula is C21H18N4O3S2. The van der Waals surface area contributed by atoms with Gasteiger partial charge >= 0.3 is 0 Å². The van der Waals surface area contributed by atoms with Gasteiger partial charge in [0.05, 0.1) is 5.56 Å². The van der Waals surface area contributed by atoms with Crippen LogP contribution < -0.4 is 11.1 Å². The van der Waals surface area contributed by atoms with Crippen LogP contribution >= 0.6 is 23.1 Å². The highest BCUT2D eigenvalue weighted by atomic mass is 32.2. The van der Waals surface area contributed by atoms with Gasteiger partial charge in [0.2, 0.25) is 0 Å². The second-order valence-electron chi connectivity index (χ2n) is 6.53. The van der Waals surface area contributed by atoms with E-state index in [1.165, 1.54) is 23.1 Å². The lowest BCUT2D eigenvalue weighted by molar-refractivity contribution is 0.0998. The number of benzene rings is 1. The van der Waals surface area contributed by atoms with Crippen molar-refractivity contribution in [2.24, 2.45) is 5.73 Å². The zero-order valence-corrected chi connectivity index (χ0v) is 17.9. The molecule has 4 aromatic rings. The van der Waals surface area contributed by atoms with E-state index in [0.717, 1.165) is 21.4 Å². The Labute approximate surface area is 180 Å². The van der Waals surface area contributed by atoms with Crippen molar-refractivity contribution in [1.29, 1.82) is 0 Å². The van der Waals surface area contributed by atoms with Gasteiger partial charge in [-0.3, -0.25) is 9.59 Å². The van der Waals surface area contributed by atoms with Gasteiger partial charge in [0.15, 0.2) is 10.9 Å². The van der Waals surface area contributed by atoms with Gasteiger partial charge in [-0.1, -0.05) is 30.0 Å². The Morgan fingerprint density at radius 1 is 1.17 bits per heavy atom. The van der Waals surface area contributed by atoms with Crippen molar-refractivity contribution in [3.8, 4) is 0 Å². The summed E-state index contributed by atoms with van der Waals surface area (Å²) in [6, 6.07) is 9.21. The number of carbonyl (C=O) groups is 2. The van der Waals surface area contributed by atoms with E-state index in [9.17, 15) is 9.59 Å². The third-order valence-electron chi connectivity index (χ3n) is 4.65. The Balaban J connectivity index is 1.69. The van der Waals surface area contributed by atoms with E-state index in [0.29, 0.717) is 27.1 Å². The van der Waals surface area contributed by atoms with E-state index in [-0.39, 0.29) is 5.76 Å². The fraction of sp³-hybridized carbons (Fsp3) is 0.143. The Morgan fingerprint density at radius 3 is 2.63 bits per heavy atom. The first kappa shape index (κ1) is 20.1. The number of carbonyl (C=O) groups excluding carboxylic acids is 2. The van der Waals surface area contributed by atoms with Crippen molar-refractivity contribution >= 4 is 50.9 Å². The highest BCUT2D eigenvalue weighted by molar-refractivity contribution is 7.98. The number of nitrogens with two attached hydrogens (primary N) is 1. The summed E-state index contributed by atoms with van der Waals surface area (Å²) in [5, 5.41) is 4.69. The van der Waals surface area contributed by atoms with Crippen LogP contribution in [0.5, 0.6) is 0 Å². The van der Waals surface area contributed by atoms with Crippen LogP contribution in [0.2, 0.25) is 0 Å². The van der Waals surface area contributed by atoms with Gasteiger partial charge in [-0.2, -0.15) is 0 Å². The van der Waals surface area contributed by atoms with Gasteiger partial charge < -0.3 is 15.5 Å². The molecule has 3 heterocycles. The molecule has 0 aliphatic heterocycles. The van der Waals surface area contributed by atoms with E-state index in [1.807, 2.05) is 38.1 Å². The minimum atomic E-state index is -0.575. The minimum absolute atomic E-state index is 0.193. The van der Waals surface area contributed by atoms with Gasteiger partial charge in [-0.25, -0.2) is 9.97 Å². The molecule has 1 aromatic carbocycles. The molecule has 0 atom stereocenters. The number of hydrogen-bond donors (Lipinski definition) is 2. The first-order valence-electron chi connectivity index (χ1n) is 9.07. The molecule has 0 spiro atoms. The van der Waals surface area contributed by atoms with Crippen LogP contribution in [0.25, 0.3) is 11.0 Å². The second kappa shape index (κ2) is 8.29. The zero-order chi connectivity index (χ0) is 21.3. The maximum Gasteiger partial charge on any atom is 0.292 e. The smallest absolute Gasteiger partial charge is 0.292 e. The van der Waals surface area contributed by atoms with Crippen LogP contribution in [0, 0.1) is 13.8 Å². The first-order chi connectivity index (χ1) is 14.5. The van der Waals surface area contributed by atoms with E-state index in [1.54, 1.807) is 18.5 Å². The number of nitrogens with zero attached hydrogens (tertiary/aromatic N) is 2. The average molecular weight is 439 g/mol. The number of aryl methyl sites for hydroxylation is 1. The number of thioether (sulfide) groups is 1. The van der Waals surface area contributed by atoms with E-state index >= 15 is 0 Å². The lowest BCUT2D eigenvalue weighted by Crippen LogP contribution is -2.17. The Hall–Kier alpha value is -3.17. The maximum atomic E-state index is 13.1. The molecule has 0 aliphatic rings. The quantitative estimate of drug-likeness (QED) is 0.338. The normalized spacial score (nSPS) is 11.0. The topological polar surface area (TPSA) is 111 Å². The molecule has 3 aromatic heterocycles. The van der Waals surface area contributed by atoms with Crippen molar-refractivity contribution in [3.63, 3.8) is 0 Å². The molecule has 0 saturated carbocycles. The number of primary amides is 1. The SMILES string of the molecule is Cc1sc(NC(=O)c2oc3ccccc3c2CSc2ncccn2)c(C(N)=O)c1C. The highest BCUT2D eigenvalue weighted by Crippen LogP contribution is 2.35. The molecule has 152 valence electrons. The number of anilines is 1. The molecule has 2 amide bonds. The number of rotatable bonds is 6. The number of thiophene rings is 1. The summed E-state index contributed by atoms with van der Waals surface area (Å²) in [7, 11) is 0. The molecule has 30 heavy (non-hydrogen) atoms. The second-order valence-corrected chi connectivity index (χ2v) is 8.70. The summed E-state index contributed by atoms with van der Waals surface area (Å²) in [5.41, 5.74) is 7.97. The molecule has 0 radical (unpaired) electrons. The molecule has 0 bridgehead atoms. The summed E-state index contributed by atoms with van der Waals surface area (Å²) in [5.74, 6) is -0.360. The summed E-state index contributed by atoms with van der Waals surface area (Å²) in [6.45, 7) is 3.69. The van der Waals surface area contributed by atoms with Crippen LogP contribution in [0.15, 0.2) is 52.3 Å². The van der Waals surface area contributed by atoms with Crippen molar-refractivity contribution in [1.82, 2.24) is 9.97 Å². The van der Waals surface area contributed by atoms with Crippen LogP contribution in [0.4, 0.5) is 5.00 Å². The summed E-state index contributed by atoms with van der Waals surface area (Å²) in [4.78, 5) is 34.3. The number of nitrogens with one attached hydrogen (secondary N) is 1. The van der Waals surface area contributed by atoms with Crippen LogP contribution in [0.3, 0.4) is 0 Å². The average Bonchev–Trinajstić information content (AvgIpc) is 3.24. The van der Waals surface area contributed by atoms with Crippen molar-refractivity contribution in [2.75, 3.05) is 5.32 Å². The van der Waals surface area contributed by atoms with E-state index in [2.05, 4.69) is 15.3 Å². The molecular weight excluding hydrogens is 420 g/mol. The molecule has 0 saturated heterocycles. The van der Waals surface area contributed by atoms with Crippen LogP contribution in [-0.4, -0.2) is 21.8 Å². The van der Waals surface area contributed by atoms with Gasteiger partial charge in [0.25, 0.3) is 11.8 Å². The molecule has 4 rings (SSSR count). The minimum Gasteiger partial charge on any atom is -0.451 e. The number of hydrogen-bond acceptors (Lipinski definition) is 7. The molecule has 0 unspecified atom stereocenters. The summed E-state index contributed by atoms with van der Waals surface area (Å²) < 4.78 is 5.88. The summed E-state index contributed by atoms with van der Waals surface area (Å²) >= 11 is 2.73. The van der Waals surface area contributed by atoms with E-state index in [4.69, 9.17) is 10.2 Å². The fourth-order valence-electron chi connectivity index (χ4n) is 3.09. The first-order valence-corrected chi connectivity index (χ1v) is 10.9. The molecule has 3 N–H and O–H groups in total. The van der Waals surface area contributed by atoms with Crippen LogP contribution in [0.1, 0.15) is 36.9 Å². The van der Waals surface area contributed by atoms with Gasteiger partial charge in [-0.05, 0) is 31.5 Å². The largest absolute Gasteiger partial charge is 0.451 e. The molecule has 0 aliphatic carbocycles. The maximum absolute atomic E-state index is 13.1. The third-order valence-corrected chi connectivity index (χ3v) is 6.68. The van der Waals surface area contributed by atoms with Gasteiger partial charge in [-0.15, -0.1) is 11.3 Å². The third kappa shape index (κ3) is 3.81. The van der Waals surface area contributed by atoms with Crippen LogP contribution in [-0.2, 0) is 5.75 Å². The molecule has 7 nitrogen and oxygen atoms in total. The number of para-hydroxylation sites is 1. The Bertz CT molecular complexity index is 1250. The monoisotopic (exact) mass is 438 g/mol. The van der Waals surface area contributed by atoms with Gasteiger partial charge in [0.1, 0.15) is 10.6 Å². The number of fused-ring (bicyclic) bond motifs is 1. The Morgan fingerprint density at radius 2 is 1.90 bits per heavy atom. The van der Waals surface area contributed by atoms with Gasteiger partial charge in [0, 0.05) is 34.0 Å². The predicted octanol–water partition coefficient (Wildman–Crippen LogP) is 4.54. The fourth-order valence-corrected chi connectivity index (χ4v) is 4.99. The summed E-state index contributed by atoms with van der Waals surface area (Å²) in [6.07, 6.45) is 3.34. The zero-order valence-electron chi connectivity index (χ0n) is 16.3. The lowest BCUT2D eigenvalue weighted by atomic mass is 10.1. The van der Waals surface area contributed by atoms with Crippen molar-refractivity contribution in [3.05, 3.63) is 70.1 Å². The molecule has 9 heteroatoms. The van der Waals surface area contributed by atoms with Crippen molar-refractivity contribution in [2.45, 2.75) is 24.8 Å². The predicted molar refractivity (Wildman–Crippen MR) is 118 cm³/mol. The van der Waals surface area contributed by atoms with Crippen molar-refractivity contribution < 1.29 is 14.0 Å². The number of aromatic nitrogens is 2. The number of amides is 2. The standard InChI is InChI=1S/C21H18N4O3S2/c1-11-12(2)30-20(16(11)18(22)26)25-19(27)17-14(10-29-21-23-8-5-9-24-21)13-6-3-4-7-15(13)28-17/h3-9H,10H2,1-2H3,(H2,22,26)(H,25,27). The number of furan rings is 1.